The number of hydrogen-bond acceptors (Lipinski definition) is 2. The van der Waals surface area contributed by atoms with E-state index in [4.69, 9.17) is 0 Å². The van der Waals surface area contributed by atoms with E-state index in [1.807, 2.05) is 19.2 Å². The zero-order chi connectivity index (χ0) is 13.8. The fraction of sp³-hybridized carbons (Fsp3) is 0.200. The molecule has 0 heterocycles. The van der Waals surface area contributed by atoms with Crippen molar-refractivity contribution in [3.63, 3.8) is 0 Å². The highest BCUT2D eigenvalue weighted by Gasteiger charge is 2.15. The van der Waals surface area contributed by atoms with Crippen LogP contribution in [0.15, 0.2) is 42.5 Å². The quantitative estimate of drug-likeness (QED) is 0.889. The Morgan fingerprint density at radius 3 is 2.42 bits per heavy atom. The van der Waals surface area contributed by atoms with E-state index < -0.39 is 17.7 Å². The molecule has 2 aromatic rings. The standard InChI is InChI=1S/C15H15F2NO/c1-18-9-10-2-4-11(5-3-10)15(19)13-8-12(16)6-7-14(13)17/h2-8,15,18-19H,9H2,1H3. The molecule has 0 spiro atoms. The Labute approximate surface area is 110 Å². The van der Waals surface area contributed by atoms with E-state index in [1.165, 1.54) is 0 Å². The van der Waals surface area contributed by atoms with Gasteiger partial charge in [0.1, 0.15) is 17.7 Å². The van der Waals surface area contributed by atoms with Crippen LogP contribution in [0, 0.1) is 11.6 Å². The first-order chi connectivity index (χ1) is 9.11. The lowest BCUT2D eigenvalue weighted by Crippen LogP contribution is -2.06. The van der Waals surface area contributed by atoms with E-state index in [0.29, 0.717) is 12.1 Å². The van der Waals surface area contributed by atoms with Gasteiger partial charge in [0.15, 0.2) is 0 Å². The molecule has 2 aromatic carbocycles. The number of rotatable bonds is 4. The number of benzene rings is 2. The van der Waals surface area contributed by atoms with E-state index in [1.54, 1.807) is 12.1 Å². The number of nitrogens with one attached hydrogen (secondary N) is 1. The van der Waals surface area contributed by atoms with Gasteiger partial charge in [0.2, 0.25) is 0 Å². The molecule has 0 aliphatic carbocycles. The van der Waals surface area contributed by atoms with Crippen LogP contribution in [0.2, 0.25) is 0 Å². The Hall–Kier alpha value is -1.78. The number of halogens is 2. The van der Waals surface area contributed by atoms with Gasteiger partial charge in [-0.15, -0.1) is 0 Å². The van der Waals surface area contributed by atoms with Crippen LogP contribution in [0.3, 0.4) is 0 Å². The van der Waals surface area contributed by atoms with Gasteiger partial charge in [-0.1, -0.05) is 24.3 Å². The largest absolute Gasteiger partial charge is 0.384 e. The van der Waals surface area contributed by atoms with Gasteiger partial charge in [0.05, 0.1) is 0 Å². The lowest BCUT2D eigenvalue weighted by molar-refractivity contribution is 0.214. The molecule has 2 rings (SSSR count). The fourth-order valence-electron chi connectivity index (χ4n) is 1.93. The van der Waals surface area contributed by atoms with Crippen molar-refractivity contribution in [1.82, 2.24) is 5.32 Å². The monoisotopic (exact) mass is 263 g/mol. The molecule has 4 heteroatoms. The highest BCUT2D eigenvalue weighted by atomic mass is 19.1. The smallest absolute Gasteiger partial charge is 0.129 e. The zero-order valence-electron chi connectivity index (χ0n) is 10.5. The summed E-state index contributed by atoms with van der Waals surface area (Å²) in [7, 11) is 1.84. The zero-order valence-corrected chi connectivity index (χ0v) is 10.5. The molecule has 0 aliphatic rings. The fourth-order valence-corrected chi connectivity index (χ4v) is 1.93. The molecule has 19 heavy (non-hydrogen) atoms. The first-order valence-electron chi connectivity index (χ1n) is 5.98. The molecular formula is C15H15F2NO. The van der Waals surface area contributed by atoms with Crippen LogP contribution in [-0.4, -0.2) is 12.2 Å². The summed E-state index contributed by atoms with van der Waals surface area (Å²) in [6, 6.07) is 10.2. The van der Waals surface area contributed by atoms with Gasteiger partial charge in [-0.25, -0.2) is 8.78 Å². The lowest BCUT2D eigenvalue weighted by Gasteiger charge is -2.13. The summed E-state index contributed by atoms with van der Waals surface area (Å²) in [6.07, 6.45) is -1.17. The molecule has 100 valence electrons. The average Bonchev–Trinajstić information content (AvgIpc) is 2.42. The Morgan fingerprint density at radius 2 is 1.79 bits per heavy atom. The van der Waals surface area contributed by atoms with Gasteiger partial charge in [-0.3, -0.25) is 0 Å². The first-order valence-corrected chi connectivity index (χ1v) is 5.98. The molecular weight excluding hydrogens is 248 g/mol. The lowest BCUT2D eigenvalue weighted by atomic mass is 10.00. The normalized spacial score (nSPS) is 12.4. The topological polar surface area (TPSA) is 32.3 Å². The number of aliphatic hydroxyl groups excluding tert-OH is 1. The highest BCUT2D eigenvalue weighted by Crippen LogP contribution is 2.25. The highest BCUT2D eigenvalue weighted by molar-refractivity contribution is 5.33. The number of hydrogen-bond donors (Lipinski definition) is 2. The third-order valence-electron chi connectivity index (χ3n) is 2.93. The van der Waals surface area contributed by atoms with Crippen molar-refractivity contribution < 1.29 is 13.9 Å². The SMILES string of the molecule is CNCc1ccc(C(O)c2cc(F)ccc2F)cc1. The van der Waals surface area contributed by atoms with Crippen molar-refractivity contribution in [1.29, 1.82) is 0 Å². The van der Waals surface area contributed by atoms with Crippen LogP contribution < -0.4 is 5.32 Å². The maximum absolute atomic E-state index is 13.6. The second kappa shape index (κ2) is 5.91. The van der Waals surface area contributed by atoms with Gasteiger partial charge < -0.3 is 10.4 Å². The predicted octanol–water partition coefficient (Wildman–Crippen LogP) is 2.77. The van der Waals surface area contributed by atoms with E-state index in [0.717, 1.165) is 23.8 Å². The van der Waals surface area contributed by atoms with Crippen LogP contribution in [-0.2, 0) is 6.54 Å². The molecule has 0 aromatic heterocycles. The van der Waals surface area contributed by atoms with Gasteiger partial charge >= 0.3 is 0 Å². The molecule has 0 amide bonds. The van der Waals surface area contributed by atoms with Crippen molar-refractivity contribution in [2.75, 3.05) is 7.05 Å². The Morgan fingerprint density at radius 1 is 1.11 bits per heavy atom. The van der Waals surface area contributed by atoms with Crippen LogP contribution in [0.5, 0.6) is 0 Å². The third kappa shape index (κ3) is 3.16. The van der Waals surface area contributed by atoms with E-state index in [9.17, 15) is 13.9 Å². The molecule has 0 saturated carbocycles. The van der Waals surface area contributed by atoms with Crippen LogP contribution in [0.25, 0.3) is 0 Å². The van der Waals surface area contributed by atoms with Crippen molar-refractivity contribution in [2.45, 2.75) is 12.6 Å². The summed E-state index contributed by atoms with van der Waals surface area (Å²) in [5.41, 5.74) is 1.53. The van der Waals surface area contributed by atoms with Crippen LogP contribution in [0.1, 0.15) is 22.8 Å². The van der Waals surface area contributed by atoms with E-state index >= 15 is 0 Å². The molecule has 0 fully saturated rings. The summed E-state index contributed by atoms with van der Waals surface area (Å²) >= 11 is 0. The number of aliphatic hydroxyl groups is 1. The predicted molar refractivity (Wildman–Crippen MR) is 69.6 cm³/mol. The van der Waals surface area contributed by atoms with Crippen molar-refractivity contribution >= 4 is 0 Å². The van der Waals surface area contributed by atoms with Gasteiger partial charge in [-0.2, -0.15) is 0 Å². The summed E-state index contributed by atoms with van der Waals surface area (Å²) in [5.74, 6) is -1.18. The minimum absolute atomic E-state index is 0.0543. The van der Waals surface area contributed by atoms with Crippen LogP contribution in [0.4, 0.5) is 8.78 Å². The maximum atomic E-state index is 13.6. The van der Waals surface area contributed by atoms with E-state index in [-0.39, 0.29) is 5.56 Å². The Bertz CT molecular complexity index is 555. The third-order valence-corrected chi connectivity index (χ3v) is 2.93. The molecule has 1 atom stereocenters. The van der Waals surface area contributed by atoms with Gasteiger partial charge in [0, 0.05) is 12.1 Å². The van der Waals surface area contributed by atoms with Gasteiger partial charge in [-0.05, 0) is 36.4 Å². The molecule has 0 bridgehead atoms. The van der Waals surface area contributed by atoms with Crippen molar-refractivity contribution in [3.8, 4) is 0 Å². The first kappa shape index (κ1) is 13.6. The van der Waals surface area contributed by atoms with Crippen molar-refractivity contribution in [2.24, 2.45) is 0 Å². The minimum atomic E-state index is -1.17. The van der Waals surface area contributed by atoms with E-state index in [2.05, 4.69) is 5.32 Å². The molecule has 2 nitrogen and oxygen atoms in total. The molecule has 0 saturated heterocycles. The van der Waals surface area contributed by atoms with Crippen LogP contribution >= 0.6 is 0 Å². The molecule has 1 unspecified atom stereocenters. The molecule has 0 aliphatic heterocycles. The second-order valence-corrected chi connectivity index (χ2v) is 4.34. The second-order valence-electron chi connectivity index (χ2n) is 4.34. The Kier molecular flexibility index (Phi) is 4.24. The minimum Gasteiger partial charge on any atom is -0.384 e. The van der Waals surface area contributed by atoms with Gasteiger partial charge in [0.25, 0.3) is 0 Å². The average molecular weight is 263 g/mol. The molecule has 2 N–H and O–H groups in total. The molecule has 0 radical (unpaired) electrons. The Balaban J connectivity index is 2.27. The summed E-state index contributed by atoms with van der Waals surface area (Å²) in [4.78, 5) is 0. The summed E-state index contributed by atoms with van der Waals surface area (Å²) in [6.45, 7) is 0.713. The maximum Gasteiger partial charge on any atom is 0.129 e. The summed E-state index contributed by atoms with van der Waals surface area (Å²) < 4.78 is 26.7. The summed E-state index contributed by atoms with van der Waals surface area (Å²) in [5, 5.41) is 13.1. The van der Waals surface area contributed by atoms with Crippen molar-refractivity contribution in [3.05, 3.63) is 70.8 Å².